The third-order valence-corrected chi connectivity index (χ3v) is 3.00. The van der Waals surface area contributed by atoms with Gasteiger partial charge in [-0.25, -0.2) is 5.01 Å². The van der Waals surface area contributed by atoms with Crippen molar-refractivity contribution in [3.8, 4) is 6.07 Å². The zero-order chi connectivity index (χ0) is 12.4. The average Bonchev–Trinajstić information content (AvgIpc) is 2.67. The standard InChI is InChI=1S/C13H15N3O/c1-10-8-13(9-14)16(11(2)17)15(10)12-6-4-3-5-7-12/h3-7,10,13H,8H2,1-2H3. The van der Waals surface area contributed by atoms with Crippen LogP contribution in [0.15, 0.2) is 30.3 Å². The third-order valence-electron chi connectivity index (χ3n) is 3.00. The summed E-state index contributed by atoms with van der Waals surface area (Å²) in [5.41, 5.74) is 0.952. The molecule has 0 N–H and O–H groups in total. The number of rotatable bonds is 1. The van der Waals surface area contributed by atoms with Crippen molar-refractivity contribution in [3.63, 3.8) is 0 Å². The first-order valence-electron chi connectivity index (χ1n) is 5.68. The van der Waals surface area contributed by atoms with Crippen LogP contribution in [0.5, 0.6) is 0 Å². The molecule has 4 heteroatoms. The third kappa shape index (κ3) is 1.96. The van der Waals surface area contributed by atoms with Gasteiger partial charge in [0.2, 0.25) is 5.91 Å². The minimum absolute atomic E-state index is 0.0928. The second-order valence-electron chi connectivity index (χ2n) is 4.27. The lowest BCUT2D eigenvalue weighted by Crippen LogP contribution is -2.46. The van der Waals surface area contributed by atoms with Crippen LogP contribution in [0, 0.1) is 11.3 Å². The Kier molecular flexibility index (Phi) is 3.01. The summed E-state index contributed by atoms with van der Waals surface area (Å²) in [6.07, 6.45) is 0.685. The Bertz CT molecular complexity index is 451. The Morgan fingerprint density at radius 2 is 2.06 bits per heavy atom. The molecule has 2 unspecified atom stereocenters. The maximum absolute atomic E-state index is 11.7. The number of hydrogen-bond acceptors (Lipinski definition) is 3. The monoisotopic (exact) mass is 229 g/mol. The Hall–Kier alpha value is -2.02. The van der Waals surface area contributed by atoms with Crippen molar-refractivity contribution in [1.82, 2.24) is 5.01 Å². The summed E-state index contributed by atoms with van der Waals surface area (Å²) in [5, 5.41) is 12.6. The fourth-order valence-electron chi connectivity index (χ4n) is 2.32. The topological polar surface area (TPSA) is 47.3 Å². The van der Waals surface area contributed by atoms with Crippen molar-refractivity contribution in [2.24, 2.45) is 0 Å². The lowest BCUT2D eigenvalue weighted by molar-refractivity contribution is -0.129. The summed E-state index contributed by atoms with van der Waals surface area (Å²) in [4.78, 5) is 11.7. The largest absolute Gasteiger partial charge is 0.279 e. The number of benzene rings is 1. The van der Waals surface area contributed by atoms with Gasteiger partial charge in [0.05, 0.1) is 17.8 Å². The number of nitriles is 1. The molecule has 1 saturated heterocycles. The van der Waals surface area contributed by atoms with Crippen LogP contribution in [0.1, 0.15) is 20.3 Å². The molecule has 17 heavy (non-hydrogen) atoms. The lowest BCUT2D eigenvalue weighted by Gasteiger charge is -2.33. The second kappa shape index (κ2) is 4.46. The molecule has 1 aliphatic rings. The molecule has 1 aliphatic heterocycles. The molecule has 4 nitrogen and oxygen atoms in total. The van der Waals surface area contributed by atoms with Gasteiger partial charge in [-0.3, -0.25) is 9.80 Å². The van der Waals surface area contributed by atoms with Gasteiger partial charge in [-0.05, 0) is 19.1 Å². The van der Waals surface area contributed by atoms with Crippen molar-refractivity contribution < 1.29 is 4.79 Å². The van der Waals surface area contributed by atoms with E-state index in [2.05, 4.69) is 6.07 Å². The number of nitrogens with zero attached hydrogens (tertiary/aromatic N) is 3. The van der Waals surface area contributed by atoms with Gasteiger partial charge in [0.25, 0.3) is 0 Å². The molecule has 1 fully saturated rings. The Morgan fingerprint density at radius 1 is 1.41 bits per heavy atom. The molecule has 0 aliphatic carbocycles. The van der Waals surface area contributed by atoms with E-state index in [0.29, 0.717) is 6.42 Å². The highest BCUT2D eigenvalue weighted by Gasteiger charge is 2.38. The van der Waals surface area contributed by atoms with Crippen LogP contribution in [-0.4, -0.2) is 23.0 Å². The summed E-state index contributed by atoms with van der Waals surface area (Å²) in [6.45, 7) is 3.53. The number of carbonyl (C=O) groups is 1. The number of carbonyl (C=O) groups excluding carboxylic acids is 1. The van der Waals surface area contributed by atoms with Gasteiger partial charge in [0, 0.05) is 13.3 Å². The predicted molar refractivity (Wildman–Crippen MR) is 64.9 cm³/mol. The first-order valence-corrected chi connectivity index (χ1v) is 5.68. The number of hydrazine groups is 1. The Balaban J connectivity index is 2.38. The molecule has 1 amide bonds. The van der Waals surface area contributed by atoms with E-state index in [1.807, 2.05) is 42.3 Å². The van der Waals surface area contributed by atoms with Crippen LogP contribution in [-0.2, 0) is 4.79 Å². The van der Waals surface area contributed by atoms with E-state index in [0.717, 1.165) is 5.69 Å². The minimum atomic E-state index is -0.359. The Morgan fingerprint density at radius 3 is 2.59 bits per heavy atom. The van der Waals surface area contributed by atoms with E-state index in [1.54, 1.807) is 5.01 Å². The van der Waals surface area contributed by atoms with Gasteiger partial charge in [-0.15, -0.1) is 0 Å². The van der Waals surface area contributed by atoms with E-state index >= 15 is 0 Å². The van der Waals surface area contributed by atoms with Gasteiger partial charge in [0.1, 0.15) is 6.04 Å². The first-order chi connectivity index (χ1) is 8.15. The smallest absolute Gasteiger partial charge is 0.239 e. The van der Waals surface area contributed by atoms with Crippen molar-refractivity contribution in [2.75, 3.05) is 5.01 Å². The molecule has 1 aromatic rings. The second-order valence-corrected chi connectivity index (χ2v) is 4.27. The average molecular weight is 229 g/mol. The molecule has 1 aromatic carbocycles. The van der Waals surface area contributed by atoms with E-state index in [9.17, 15) is 4.79 Å². The van der Waals surface area contributed by atoms with Gasteiger partial charge >= 0.3 is 0 Å². The molecule has 2 rings (SSSR count). The highest BCUT2D eigenvalue weighted by molar-refractivity contribution is 5.77. The van der Waals surface area contributed by atoms with Crippen LogP contribution >= 0.6 is 0 Å². The maximum atomic E-state index is 11.7. The normalized spacial score (nSPS) is 23.6. The van der Waals surface area contributed by atoms with E-state index < -0.39 is 0 Å². The summed E-state index contributed by atoms with van der Waals surface area (Å²) in [6, 6.07) is 11.7. The van der Waals surface area contributed by atoms with Crippen LogP contribution in [0.4, 0.5) is 5.69 Å². The fraction of sp³-hybridized carbons (Fsp3) is 0.385. The molecule has 1 heterocycles. The van der Waals surface area contributed by atoms with Crippen molar-refractivity contribution in [1.29, 1.82) is 5.26 Å². The lowest BCUT2D eigenvalue weighted by atomic mass is 10.1. The van der Waals surface area contributed by atoms with Crippen LogP contribution < -0.4 is 5.01 Å². The SMILES string of the molecule is CC(=O)N1C(C#N)CC(C)N1c1ccccc1. The minimum Gasteiger partial charge on any atom is -0.279 e. The molecule has 0 aromatic heterocycles. The van der Waals surface area contributed by atoms with Crippen LogP contribution in [0.2, 0.25) is 0 Å². The van der Waals surface area contributed by atoms with E-state index in [1.165, 1.54) is 6.92 Å². The highest BCUT2D eigenvalue weighted by atomic mass is 16.2. The van der Waals surface area contributed by atoms with Crippen molar-refractivity contribution in [3.05, 3.63) is 30.3 Å². The number of amides is 1. The number of anilines is 1. The van der Waals surface area contributed by atoms with Crippen LogP contribution in [0.25, 0.3) is 0 Å². The molecule has 0 spiro atoms. The van der Waals surface area contributed by atoms with Crippen molar-refractivity contribution in [2.45, 2.75) is 32.4 Å². The molecular formula is C13H15N3O. The Labute approximate surface area is 101 Å². The molecule has 0 bridgehead atoms. The number of para-hydroxylation sites is 1. The van der Waals surface area contributed by atoms with E-state index in [-0.39, 0.29) is 18.0 Å². The van der Waals surface area contributed by atoms with Crippen molar-refractivity contribution >= 4 is 11.6 Å². The summed E-state index contributed by atoms with van der Waals surface area (Å²) in [5.74, 6) is -0.0928. The number of hydrogen-bond donors (Lipinski definition) is 0. The maximum Gasteiger partial charge on any atom is 0.239 e. The fourth-order valence-corrected chi connectivity index (χ4v) is 2.32. The summed E-state index contributed by atoms with van der Waals surface area (Å²) < 4.78 is 0. The highest BCUT2D eigenvalue weighted by Crippen LogP contribution is 2.30. The molecule has 2 atom stereocenters. The molecule has 0 saturated carbocycles. The molecule has 0 radical (unpaired) electrons. The van der Waals surface area contributed by atoms with Crippen LogP contribution in [0.3, 0.4) is 0 Å². The molecule has 88 valence electrons. The molecular weight excluding hydrogens is 214 g/mol. The zero-order valence-electron chi connectivity index (χ0n) is 10.00. The summed E-state index contributed by atoms with van der Waals surface area (Å²) >= 11 is 0. The zero-order valence-corrected chi connectivity index (χ0v) is 10.00. The van der Waals surface area contributed by atoms with Gasteiger partial charge in [0.15, 0.2) is 0 Å². The first kappa shape index (κ1) is 11.5. The van der Waals surface area contributed by atoms with Gasteiger partial charge in [-0.1, -0.05) is 18.2 Å². The van der Waals surface area contributed by atoms with Gasteiger partial charge in [-0.2, -0.15) is 5.26 Å². The predicted octanol–water partition coefficient (Wildman–Crippen LogP) is 1.94. The summed E-state index contributed by atoms with van der Waals surface area (Å²) in [7, 11) is 0. The van der Waals surface area contributed by atoms with Gasteiger partial charge < -0.3 is 0 Å². The van der Waals surface area contributed by atoms with E-state index in [4.69, 9.17) is 5.26 Å². The quantitative estimate of drug-likeness (QED) is 0.739.